The zero-order valence-electron chi connectivity index (χ0n) is 11.5. The van der Waals surface area contributed by atoms with Gasteiger partial charge in [0.25, 0.3) is 5.91 Å². The maximum atomic E-state index is 13.3. The molecule has 120 valence electrons. The van der Waals surface area contributed by atoms with E-state index in [1.165, 1.54) is 6.07 Å². The molecule has 2 aromatic rings. The summed E-state index contributed by atoms with van der Waals surface area (Å²) in [5, 5.41) is 5.61. The summed E-state index contributed by atoms with van der Waals surface area (Å²) in [6.45, 7) is 0. The summed E-state index contributed by atoms with van der Waals surface area (Å²) in [4.78, 5) is 12.1. The van der Waals surface area contributed by atoms with E-state index in [-0.39, 0.29) is 10.6 Å². The van der Waals surface area contributed by atoms with Crippen LogP contribution in [0.1, 0.15) is 0 Å². The largest absolute Gasteiger partial charge is 0.360 e. The van der Waals surface area contributed by atoms with Gasteiger partial charge in [0.1, 0.15) is 10.7 Å². The Kier molecular flexibility index (Phi) is 3.97. The topological polar surface area (TPSA) is 87.3 Å². The molecule has 23 heavy (non-hydrogen) atoms. The molecular weight excluding hydrogens is 345 g/mol. The Bertz CT molecular complexity index is 889. The van der Waals surface area contributed by atoms with E-state index in [1.54, 1.807) is 18.2 Å². The van der Waals surface area contributed by atoms with Crippen molar-refractivity contribution in [2.24, 2.45) is 0 Å². The molecule has 0 saturated carbocycles. The normalized spacial score (nSPS) is 18.6. The zero-order valence-corrected chi connectivity index (χ0v) is 13.1. The summed E-state index contributed by atoms with van der Waals surface area (Å²) in [6.07, 6.45) is -1.27. The van der Waals surface area contributed by atoms with E-state index in [1.807, 2.05) is 0 Å². The smallest absolute Gasteiger partial charge is 0.262 e. The predicted octanol–water partition coefficient (Wildman–Crippen LogP) is 2.15. The fourth-order valence-corrected chi connectivity index (χ4v) is 3.60. The fraction of sp³-hybridized carbons (Fsp3) is 0.0714. The van der Waals surface area contributed by atoms with E-state index in [9.17, 15) is 17.6 Å². The van der Waals surface area contributed by atoms with E-state index >= 15 is 0 Å². The van der Waals surface area contributed by atoms with Gasteiger partial charge in [-0.25, -0.2) is 12.8 Å². The lowest BCUT2D eigenvalue weighted by Gasteiger charge is -2.27. The maximum Gasteiger partial charge on any atom is 0.262 e. The van der Waals surface area contributed by atoms with Gasteiger partial charge < -0.3 is 10.6 Å². The molecular formula is C14H11ClFN3O3S. The molecule has 0 aromatic heterocycles. The Morgan fingerprint density at radius 2 is 2.00 bits per heavy atom. The number of fused-ring (bicyclic) bond motifs is 1. The van der Waals surface area contributed by atoms with E-state index < -0.39 is 27.9 Å². The first-order valence-electron chi connectivity index (χ1n) is 6.50. The van der Waals surface area contributed by atoms with Crippen molar-refractivity contribution in [2.45, 2.75) is 11.1 Å². The molecule has 3 rings (SSSR count). The number of carbonyl (C=O) groups is 1. The van der Waals surface area contributed by atoms with Crippen LogP contribution in [-0.2, 0) is 14.8 Å². The lowest BCUT2D eigenvalue weighted by atomic mass is 10.2. The molecule has 9 heteroatoms. The number of carbonyl (C=O) groups excluding carboxylic acids is 1. The van der Waals surface area contributed by atoms with E-state index in [0.717, 1.165) is 18.2 Å². The highest BCUT2D eigenvalue weighted by molar-refractivity contribution is 7.89. The molecule has 1 aliphatic heterocycles. The van der Waals surface area contributed by atoms with Gasteiger partial charge in [-0.1, -0.05) is 17.7 Å². The van der Waals surface area contributed by atoms with Gasteiger partial charge in [-0.15, -0.1) is 0 Å². The Hall–Kier alpha value is -2.16. The number of benzene rings is 2. The lowest BCUT2D eigenvalue weighted by Crippen LogP contribution is -2.51. The van der Waals surface area contributed by atoms with Gasteiger partial charge in [0.05, 0.1) is 5.69 Å². The number of hydrogen-bond acceptors (Lipinski definition) is 4. The summed E-state index contributed by atoms with van der Waals surface area (Å²) in [7, 11) is -3.92. The van der Waals surface area contributed by atoms with Crippen LogP contribution in [0.15, 0.2) is 47.4 Å². The van der Waals surface area contributed by atoms with Gasteiger partial charge >= 0.3 is 0 Å². The van der Waals surface area contributed by atoms with Gasteiger partial charge in [-0.2, -0.15) is 4.72 Å². The number of rotatable bonds is 2. The Morgan fingerprint density at radius 3 is 2.74 bits per heavy atom. The number of amides is 1. The lowest BCUT2D eigenvalue weighted by molar-refractivity contribution is -0.117. The minimum atomic E-state index is -3.92. The minimum Gasteiger partial charge on any atom is -0.360 e. The molecule has 0 bridgehead atoms. The van der Waals surface area contributed by atoms with Crippen molar-refractivity contribution in [3.8, 4) is 0 Å². The molecule has 0 spiro atoms. The summed E-state index contributed by atoms with van der Waals surface area (Å²) in [5.41, 5.74) is 0.434. The van der Waals surface area contributed by atoms with Gasteiger partial charge in [0.15, 0.2) is 6.17 Å². The highest BCUT2D eigenvalue weighted by Gasteiger charge is 2.33. The van der Waals surface area contributed by atoms with Crippen molar-refractivity contribution in [3.05, 3.63) is 53.3 Å². The minimum absolute atomic E-state index is 0.0231. The van der Waals surface area contributed by atoms with Gasteiger partial charge in [-0.05, 0) is 36.4 Å². The second-order valence-electron chi connectivity index (χ2n) is 4.84. The van der Waals surface area contributed by atoms with Crippen molar-refractivity contribution in [1.82, 2.24) is 4.72 Å². The number of sulfonamides is 1. The summed E-state index contributed by atoms with van der Waals surface area (Å²) in [5.74, 6) is -1.26. The second kappa shape index (κ2) is 5.80. The third-order valence-corrected chi connectivity index (χ3v) is 4.87. The van der Waals surface area contributed by atoms with Crippen LogP contribution in [0.3, 0.4) is 0 Å². The molecule has 0 unspecified atom stereocenters. The van der Waals surface area contributed by atoms with Gasteiger partial charge in [-0.3, -0.25) is 4.79 Å². The molecule has 1 heterocycles. The molecule has 0 aliphatic carbocycles. The molecule has 0 saturated heterocycles. The average Bonchev–Trinajstić information content (AvgIpc) is 2.45. The molecule has 6 nitrogen and oxygen atoms in total. The van der Waals surface area contributed by atoms with Crippen molar-refractivity contribution >= 4 is 38.9 Å². The van der Waals surface area contributed by atoms with Crippen LogP contribution >= 0.6 is 11.6 Å². The monoisotopic (exact) mass is 355 g/mol. The van der Waals surface area contributed by atoms with Gasteiger partial charge in [0, 0.05) is 10.7 Å². The molecule has 1 atom stereocenters. The van der Waals surface area contributed by atoms with Crippen LogP contribution in [0.2, 0.25) is 5.02 Å². The second-order valence-corrected chi connectivity index (χ2v) is 6.96. The number of nitrogens with one attached hydrogen (secondary N) is 3. The van der Waals surface area contributed by atoms with Crippen LogP contribution in [0.25, 0.3) is 0 Å². The quantitative estimate of drug-likeness (QED) is 0.770. The van der Waals surface area contributed by atoms with E-state index in [4.69, 9.17) is 11.6 Å². The van der Waals surface area contributed by atoms with Crippen LogP contribution in [0.4, 0.5) is 15.8 Å². The average molecular weight is 356 g/mol. The Balaban J connectivity index is 1.86. The zero-order chi connectivity index (χ0) is 16.6. The molecule has 2 aromatic carbocycles. The van der Waals surface area contributed by atoms with E-state index in [2.05, 4.69) is 15.4 Å². The maximum absolute atomic E-state index is 13.3. The standard InChI is InChI=1S/C14H11ClFN3O3S/c15-8-2-1-3-10(6-8)17-14(20)13-18-11-7-9(16)4-5-12(11)23(21,22)19-13/h1-7,13,18-19H,(H,17,20)/t13-/m1/s1. The third kappa shape index (κ3) is 3.29. The first kappa shape index (κ1) is 15.7. The van der Waals surface area contributed by atoms with Crippen molar-refractivity contribution in [1.29, 1.82) is 0 Å². The Morgan fingerprint density at radius 1 is 1.22 bits per heavy atom. The summed E-state index contributed by atoms with van der Waals surface area (Å²) in [6, 6.07) is 9.59. The number of hydrogen-bond donors (Lipinski definition) is 3. The van der Waals surface area contributed by atoms with Crippen LogP contribution in [0, 0.1) is 5.82 Å². The predicted molar refractivity (Wildman–Crippen MR) is 84.2 cm³/mol. The van der Waals surface area contributed by atoms with Gasteiger partial charge in [0.2, 0.25) is 10.0 Å². The fourth-order valence-electron chi connectivity index (χ4n) is 2.15. The highest BCUT2D eigenvalue weighted by atomic mass is 35.5. The summed E-state index contributed by atoms with van der Waals surface area (Å²) < 4.78 is 39.8. The molecule has 1 aliphatic rings. The highest BCUT2D eigenvalue weighted by Crippen LogP contribution is 2.27. The first-order valence-corrected chi connectivity index (χ1v) is 8.36. The van der Waals surface area contributed by atoms with Crippen LogP contribution in [-0.4, -0.2) is 20.5 Å². The molecule has 3 N–H and O–H groups in total. The van der Waals surface area contributed by atoms with Crippen LogP contribution in [0.5, 0.6) is 0 Å². The molecule has 0 fully saturated rings. The number of anilines is 2. The van der Waals surface area contributed by atoms with Crippen molar-refractivity contribution in [2.75, 3.05) is 10.6 Å². The van der Waals surface area contributed by atoms with Crippen molar-refractivity contribution < 1.29 is 17.6 Å². The molecule has 0 radical (unpaired) electrons. The molecule has 1 amide bonds. The van der Waals surface area contributed by atoms with Crippen LogP contribution < -0.4 is 15.4 Å². The summed E-state index contributed by atoms with van der Waals surface area (Å²) >= 11 is 5.82. The third-order valence-electron chi connectivity index (χ3n) is 3.16. The SMILES string of the molecule is O=C(Nc1cccc(Cl)c1)[C@@H]1Nc2cc(F)ccc2S(=O)(=O)N1. The first-order chi connectivity index (χ1) is 10.8. The van der Waals surface area contributed by atoms with E-state index in [0.29, 0.717) is 10.7 Å². The Labute approximate surface area is 136 Å². The van der Waals surface area contributed by atoms with Crippen molar-refractivity contribution in [3.63, 3.8) is 0 Å². The number of halogens is 2.